The third-order valence-corrected chi connectivity index (χ3v) is 8.54. The summed E-state index contributed by atoms with van der Waals surface area (Å²) >= 11 is 15.8. The molecule has 32 heavy (non-hydrogen) atoms. The van der Waals surface area contributed by atoms with Crippen molar-refractivity contribution in [3.05, 3.63) is 69.2 Å². The van der Waals surface area contributed by atoms with Gasteiger partial charge >= 0.3 is 0 Å². The molecular formula is C25H28BrClN2O2S. The maximum absolute atomic E-state index is 6.17. The third kappa shape index (κ3) is 4.26. The average molecular weight is 536 g/mol. The first-order valence-electron chi connectivity index (χ1n) is 11.3. The monoisotopic (exact) mass is 534 g/mol. The summed E-state index contributed by atoms with van der Waals surface area (Å²) in [6.07, 6.45) is 3.53. The zero-order chi connectivity index (χ0) is 22.3. The molecule has 3 fully saturated rings. The van der Waals surface area contributed by atoms with Gasteiger partial charge in [-0.3, -0.25) is 4.90 Å². The Bertz CT molecular complexity index is 982. The summed E-state index contributed by atoms with van der Waals surface area (Å²) in [5, 5.41) is 4.35. The molecule has 0 radical (unpaired) electrons. The second-order valence-corrected chi connectivity index (χ2v) is 10.9. The molecule has 0 spiro atoms. The van der Waals surface area contributed by atoms with Gasteiger partial charge in [0.25, 0.3) is 0 Å². The number of hydrogen-bond acceptors (Lipinski definition) is 4. The molecule has 1 N–H and O–H groups in total. The van der Waals surface area contributed by atoms with Crippen molar-refractivity contribution in [2.45, 2.75) is 43.1 Å². The second kappa shape index (κ2) is 9.32. The molecule has 4 nitrogen and oxygen atoms in total. The Kier molecular flexibility index (Phi) is 6.63. The smallest absolute Gasteiger partial charge is 0.212 e. The van der Waals surface area contributed by atoms with Crippen LogP contribution in [0.3, 0.4) is 0 Å². The van der Waals surface area contributed by atoms with Crippen LogP contribution in [0.4, 0.5) is 0 Å². The zero-order valence-corrected chi connectivity index (χ0v) is 21.3. The predicted molar refractivity (Wildman–Crippen MR) is 135 cm³/mol. The maximum atomic E-state index is 6.17. The normalized spacial score (nSPS) is 29.2. The van der Waals surface area contributed by atoms with E-state index in [2.05, 4.69) is 51.4 Å². The van der Waals surface area contributed by atoms with E-state index in [0.29, 0.717) is 37.8 Å². The van der Waals surface area contributed by atoms with E-state index in [-0.39, 0.29) is 5.92 Å². The highest BCUT2D eigenvalue weighted by atomic mass is 79.9. The van der Waals surface area contributed by atoms with Crippen molar-refractivity contribution in [3.63, 3.8) is 0 Å². The van der Waals surface area contributed by atoms with Gasteiger partial charge in [-0.2, -0.15) is 0 Å². The number of fused-ring (bicyclic) bond motifs is 2. The molecule has 0 aliphatic carbocycles. The highest BCUT2D eigenvalue weighted by Crippen LogP contribution is 2.47. The van der Waals surface area contributed by atoms with Gasteiger partial charge in [-0.15, -0.1) is 0 Å². The summed E-state index contributed by atoms with van der Waals surface area (Å²) in [6, 6.07) is 17.5. The predicted octanol–water partition coefficient (Wildman–Crippen LogP) is 5.49. The first-order chi connectivity index (χ1) is 15.5. The van der Waals surface area contributed by atoms with Gasteiger partial charge in [0.15, 0.2) is 0 Å². The minimum Gasteiger partial charge on any atom is -0.374 e. The topological polar surface area (TPSA) is 33.7 Å². The van der Waals surface area contributed by atoms with Crippen LogP contribution in [-0.2, 0) is 15.3 Å². The first kappa shape index (κ1) is 22.8. The number of thiocarbonyl (C=S) groups is 1. The highest BCUT2D eigenvalue weighted by molar-refractivity contribution is 9.10. The van der Waals surface area contributed by atoms with Crippen molar-refractivity contribution in [2.24, 2.45) is 5.92 Å². The molecule has 3 heterocycles. The lowest BCUT2D eigenvalue weighted by Crippen LogP contribution is -2.52. The lowest BCUT2D eigenvalue weighted by molar-refractivity contribution is -0.159. The van der Waals surface area contributed by atoms with Crippen LogP contribution in [0.5, 0.6) is 0 Å². The van der Waals surface area contributed by atoms with Crippen LogP contribution in [0.1, 0.15) is 36.3 Å². The molecule has 4 atom stereocenters. The van der Waals surface area contributed by atoms with Gasteiger partial charge in [0.05, 0.1) is 24.7 Å². The fourth-order valence-corrected chi connectivity index (χ4v) is 6.67. The van der Waals surface area contributed by atoms with Gasteiger partial charge in [0, 0.05) is 33.1 Å². The third-order valence-electron chi connectivity index (χ3n) is 7.38. The summed E-state index contributed by atoms with van der Waals surface area (Å²) < 4.78 is 13.3. The van der Waals surface area contributed by atoms with Crippen molar-refractivity contribution in [1.29, 1.82) is 0 Å². The molecule has 2 aromatic rings. The van der Waals surface area contributed by atoms with Crippen molar-refractivity contribution >= 4 is 44.7 Å². The Labute approximate surface area is 208 Å². The van der Waals surface area contributed by atoms with Crippen LogP contribution >= 0.6 is 39.7 Å². The fraction of sp³-hybridized carbons (Fsp3) is 0.480. The van der Waals surface area contributed by atoms with Gasteiger partial charge in [0.1, 0.15) is 0 Å². The Morgan fingerprint density at radius 2 is 1.94 bits per heavy atom. The number of hydrogen-bond donors (Lipinski definition) is 1. The molecule has 0 amide bonds. The molecule has 0 aromatic heterocycles. The standard InChI is InChI=1S/C25H28BrClN2O2S/c1-29-20-9-10-22(29)23(21(14-20)16-5-7-19(27)8-6-16)24(32)28-15-25(30-11-12-31-25)17-3-2-4-18(26)13-17/h2-8,13,20-23H,9-12,14-15H2,1H3,(H,28,32)/t20-,21+,22+,23-/m0/s1. The van der Waals surface area contributed by atoms with Crippen LogP contribution in [0, 0.1) is 5.92 Å². The Balaban J connectivity index is 1.39. The first-order valence-corrected chi connectivity index (χ1v) is 12.8. The number of nitrogens with zero attached hydrogens (tertiary/aromatic N) is 1. The number of halogens is 2. The van der Waals surface area contributed by atoms with E-state index in [1.54, 1.807) is 0 Å². The molecule has 7 heteroatoms. The second-order valence-electron chi connectivity index (χ2n) is 9.06. The highest BCUT2D eigenvalue weighted by Gasteiger charge is 2.48. The van der Waals surface area contributed by atoms with E-state index in [0.717, 1.165) is 26.5 Å². The summed E-state index contributed by atoms with van der Waals surface area (Å²) in [7, 11) is 2.25. The van der Waals surface area contributed by atoms with E-state index in [9.17, 15) is 0 Å². The minimum atomic E-state index is -0.817. The molecule has 3 saturated heterocycles. The Hall–Kier alpha value is -1.02. The van der Waals surface area contributed by atoms with Crippen LogP contribution < -0.4 is 5.32 Å². The number of piperidine rings is 1. The number of rotatable bonds is 5. The molecule has 170 valence electrons. The van der Waals surface area contributed by atoms with Crippen LogP contribution in [0.15, 0.2) is 53.0 Å². The largest absolute Gasteiger partial charge is 0.374 e. The molecule has 5 rings (SSSR count). The van der Waals surface area contributed by atoms with E-state index in [4.69, 9.17) is 33.3 Å². The van der Waals surface area contributed by atoms with Gasteiger partial charge in [-0.05, 0) is 62.1 Å². The number of ether oxygens (including phenoxy) is 2. The van der Waals surface area contributed by atoms with E-state index < -0.39 is 5.79 Å². The SMILES string of the molecule is CN1[C@H]2CC[C@@H]1[C@@H](C(=S)NCC1(c3cccc(Br)c3)OCCO1)[C@@H](c1ccc(Cl)cc1)C2. The molecule has 0 saturated carbocycles. The van der Waals surface area contributed by atoms with Gasteiger partial charge in [-0.1, -0.05) is 64.0 Å². The lowest BCUT2D eigenvalue weighted by Gasteiger charge is -2.44. The summed E-state index contributed by atoms with van der Waals surface area (Å²) in [4.78, 5) is 3.44. The van der Waals surface area contributed by atoms with Crippen LogP contribution in [0.25, 0.3) is 0 Å². The van der Waals surface area contributed by atoms with Gasteiger partial charge in [0.2, 0.25) is 5.79 Å². The quantitative estimate of drug-likeness (QED) is 0.513. The van der Waals surface area contributed by atoms with Gasteiger partial charge in [-0.25, -0.2) is 0 Å². The van der Waals surface area contributed by atoms with Crippen LogP contribution in [0.2, 0.25) is 5.02 Å². The van der Waals surface area contributed by atoms with Crippen LogP contribution in [-0.4, -0.2) is 48.8 Å². The minimum absolute atomic E-state index is 0.246. The van der Waals surface area contributed by atoms with Crippen molar-refractivity contribution in [3.8, 4) is 0 Å². The van der Waals surface area contributed by atoms with E-state index in [1.165, 1.54) is 18.4 Å². The van der Waals surface area contributed by atoms with Crippen molar-refractivity contribution in [1.82, 2.24) is 10.2 Å². The van der Waals surface area contributed by atoms with Crippen molar-refractivity contribution < 1.29 is 9.47 Å². The number of benzene rings is 2. The van der Waals surface area contributed by atoms with E-state index in [1.807, 2.05) is 30.3 Å². The molecule has 3 aliphatic rings. The van der Waals surface area contributed by atoms with Crippen molar-refractivity contribution in [2.75, 3.05) is 26.8 Å². The Morgan fingerprint density at radius 1 is 1.19 bits per heavy atom. The number of nitrogens with one attached hydrogen (secondary N) is 1. The molecule has 2 aromatic carbocycles. The zero-order valence-electron chi connectivity index (χ0n) is 18.1. The van der Waals surface area contributed by atoms with E-state index >= 15 is 0 Å². The summed E-state index contributed by atoms with van der Waals surface area (Å²) in [6.45, 7) is 1.64. The maximum Gasteiger partial charge on any atom is 0.212 e. The summed E-state index contributed by atoms with van der Waals surface area (Å²) in [5.41, 5.74) is 2.32. The molecule has 3 aliphatic heterocycles. The summed E-state index contributed by atoms with van der Waals surface area (Å²) in [5.74, 6) is -0.188. The van der Waals surface area contributed by atoms with Gasteiger partial charge < -0.3 is 14.8 Å². The molecular weight excluding hydrogens is 508 g/mol. The fourth-order valence-electron chi connectivity index (χ4n) is 5.75. The molecule has 2 bridgehead atoms. The Morgan fingerprint density at radius 3 is 2.66 bits per heavy atom. The lowest BCUT2D eigenvalue weighted by atomic mass is 9.76. The molecule has 0 unspecified atom stereocenters. The average Bonchev–Trinajstić information content (AvgIpc) is 3.35.